The van der Waals surface area contributed by atoms with E-state index < -0.39 is 10.8 Å². The predicted molar refractivity (Wildman–Crippen MR) is 134 cm³/mol. The van der Waals surface area contributed by atoms with Crippen LogP contribution in [0.25, 0.3) is 4.85 Å². The maximum atomic E-state index is 14.2. The van der Waals surface area contributed by atoms with Crippen LogP contribution >= 0.6 is 0 Å². The van der Waals surface area contributed by atoms with Crippen molar-refractivity contribution in [3.05, 3.63) is 34.8 Å². The van der Waals surface area contributed by atoms with E-state index in [9.17, 15) is 9.59 Å². The molecule has 9 atom stereocenters. The van der Waals surface area contributed by atoms with Gasteiger partial charge in [-0.2, -0.15) is 0 Å². The molecule has 3 fully saturated rings. The molecule has 34 heavy (non-hydrogen) atoms. The Labute approximate surface area is 205 Å². The van der Waals surface area contributed by atoms with Gasteiger partial charge < -0.3 is 10.5 Å². The van der Waals surface area contributed by atoms with Crippen molar-refractivity contribution in [1.29, 1.82) is 0 Å². The smallest absolute Gasteiger partial charge is 0.226 e. The number of nitrogens with two attached hydrogens (primary N) is 1. The van der Waals surface area contributed by atoms with Crippen molar-refractivity contribution in [1.82, 2.24) is 0 Å². The molecular weight excluding hydrogens is 420 g/mol. The van der Waals surface area contributed by atoms with Crippen molar-refractivity contribution in [2.45, 2.75) is 92.5 Å². The third-order valence-electron chi connectivity index (χ3n) is 12.3. The Morgan fingerprint density at radius 2 is 1.68 bits per heavy atom. The minimum absolute atomic E-state index is 0.0454. The Kier molecular flexibility index (Phi) is 4.89. The Bertz CT molecular complexity index is 1080. The van der Waals surface area contributed by atoms with Crippen molar-refractivity contribution in [2.75, 3.05) is 0 Å². The third-order valence-corrected chi connectivity index (χ3v) is 12.3. The van der Waals surface area contributed by atoms with Crippen molar-refractivity contribution in [3.63, 3.8) is 0 Å². The molecule has 4 nitrogen and oxygen atoms in total. The summed E-state index contributed by atoms with van der Waals surface area (Å²) in [6.07, 6.45) is 9.93. The minimum atomic E-state index is -0.612. The van der Waals surface area contributed by atoms with Crippen molar-refractivity contribution < 1.29 is 9.59 Å². The lowest BCUT2D eigenvalue weighted by Gasteiger charge is -2.69. The zero-order valence-electron chi connectivity index (χ0n) is 22.1. The van der Waals surface area contributed by atoms with Crippen LogP contribution in [0.4, 0.5) is 0 Å². The maximum absolute atomic E-state index is 14.2. The van der Waals surface area contributed by atoms with Crippen molar-refractivity contribution in [3.8, 4) is 0 Å². The fraction of sp³-hybridized carbons (Fsp3) is 0.767. The summed E-state index contributed by atoms with van der Waals surface area (Å²) in [6.45, 7) is 23.3. The van der Waals surface area contributed by atoms with E-state index in [1.165, 1.54) is 5.57 Å². The minimum Gasteiger partial charge on any atom is -0.325 e. The molecule has 0 aromatic heterocycles. The van der Waals surface area contributed by atoms with E-state index in [2.05, 4.69) is 39.5 Å². The number of carbonyl (C=O) groups excluding carboxylic acids is 2. The molecule has 0 aromatic rings. The van der Waals surface area contributed by atoms with Crippen LogP contribution in [-0.4, -0.2) is 17.1 Å². The second-order valence-electron chi connectivity index (χ2n) is 13.9. The fourth-order valence-electron chi connectivity index (χ4n) is 9.88. The van der Waals surface area contributed by atoms with Gasteiger partial charge in [-0.1, -0.05) is 60.1 Å². The van der Waals surface area contributed by atoms with E-state index in [1.54, 1.807) is 0 Å². The number of rotatable bonds is 0. The molecule has 0 spiro atoms. The molecule has 5 aliphatic rings. The van der Waals surface area contributed by atoms with Crippen LogP contribution < -0.4 is 5.73 Å². The van der Waals surface area contributed by atoms with E-state index in [0.717, 1.165) is 38.5 Å². The third kappa shape index (κ3) is 2.63. The molecule has 0 bridgehead atoms. The highest BCUT2D eigenvalue weighted by molar-refractivity contribution is 6.03. The van der Waals surface area contributed by atoms with Crippen LogP contribution in [-0.2, 0) is 9.59 Å². The lowest BCUT2D eigenvalue weighted by Crippen LogP contribution is -2.69. The highest BCUT2D eigenvalue weighted by Gasteiger charge is 2.69. The largest absolute Gasteiger partial charge is 0.325 e. The van der Waals surface area contributed by atoms with Gasteiger partial charge in [-0.3, -0.25) is 4.79 Å². The number of carbonyl (C=O) groups is 2. The van der Waals surface area contributed by atoms with Gasteiger partial charge >= 0.3 is 0 Å². The number of hydrogen-bond acceptors (Lipinski definition) is 3. The van der Waals surface area contributed by atoms with Crippen molar-refractivity contribution >= 4 is 11.6 Å². The van der Waals surface area contributed by atoms with Gasteiger partial charge in [0.05, 0.1) is 6.57 Å². The molecule has 0 aromatic carbocycles. The molecule has 0 amide bonds. The van der Waals surface area contributed by atoms with Crippen LogP contribution in [0.5, 0.6) is 0 Å². The molecular formula is C30H42N2O2. The van der Waals surface area contributed by atoms with E-state index in [4.69, 9.17) is 12.3 Å². The molecule has 4 heteroatoms. The number of allylic oxidation sites excluding steroid dienone is 4. The van der Waals surface area contributed by atoms with Gasteiger partial charge in [0.25, 0.3) is 0 Å². The topological polar surface area (TPSA) is 64.5 Å². The van der Waals surface area contributed by atoms with E-state index >= 15 is 0 Å². The normalized spacial score (nSPS) is 51.7. The van der Waals surface area contributed by atoms with Gasteiger partial charge in [-0.05, 0) is 79.1 Å². The predicted octanol–water partition coefficient (Wildman–Crippen LogP) is 6.13. The van der Waals surface area contributed by atoms with Gasteiger partial charge in [0.15, 0.2) is 11.6 Å². The van der Waals surface area contributed by atoms with Gasteiger partial charge in [-0.25, -0.2) is 4.85 Å². The Hall–Kier alpha value is -1.73. The average molecular weight is 463 g/mol. The van der Waals surface area contributed by atoms with Crippen molar-refractivity contribution in [2.24, 2.45) is 57.0 Å². The monoisotopic (exact) mass is 462 g/mol. The van der Waals surface area contributed by atoms with E-state index in [1.807, 2.05) is 26.0 Å². The Morgan fingerprint density at radius 3 is 2.32 bits per heavy atom. The fourth-order valence-corrected chi connectivity index (χ4v) is 9.88. The molecule has 2 N–H and O–H groups in total. The molecule has 3 saturated carbocycles. The standard InChI is InChI=1S/C30H42N2O2/c1-17-9-12-30(31)14-13-29(7)24(23(30)18(17)2)20(33)15-22-27(5)16-19(32-8)25(34)26(3,4)21(27)10-11-28(22,29)6/h15-18,21,23-24H,9-14,31H2,1-7H3/t17-,18+,21+,23+,24-,27+,28-,29-,30+/m1/s1. The number of nitrogens with zero attached hydrogens (tertiary/aromatic N) is 1. The van der Waals surface area contributed by atoms with Gasteiger partial charge in [0.1, 0.15) is 0 Å². The Morgan fingerprint density at radius 1 is 1.00 bits per heavy atom. The van der Waals surface area contributed by atoms with E-state index in [0.29, 0.717) is 11.8 Å². The van der Waals surface area contributed by atoms with Crippen LogP contribution in [0.3, 0.4) is 0 Å². The van der Waals surface area contributed by atoms with Crippen LogP contribution in [0, 0.1) is 57.8 Å². The number of fused-ring (bicyclic) bond motifs is 7. The zero-order chi connectivity index (χ0) is 25.1. The number of hydrogen-bond donors (Lipinski definition) is 1. The van der Waals surface area contributed by atoms with Gasteiger partial charge in [-0.15, -0.1) is 0 Å². The summed E-state index contributed by atoms with van der Waals surface area (Å²) in [6, 6.07) is 0. The van der Waals surface area contributed by atoms with Crippen LogP contribution in [0.1, 0.15) is 87.0 Å². The molecule has 0 saturated heterocycles. The maximum Gasteiger partial charge on any atom is 0.226 e. The first kappa shape index (κ1) is 24.0. The lowest BCUT2D eigenvalue weighted by atomic mass is 9.35. The Balaban J connectivity index is 1.71. The molecule has 0 radical (unpaired) electrons. The van der Waals surface area contributed by atoms with Gasteiger partial charge in [0.2, 0.25) is 5.70 Å². The summed E-state index contributed by atoms with van der Waals surface area (Å²) in [5, 5.41) is 0. The molecule has 0 aliphatic heterocycles. The second kappa shape index (κ2) is 6.94. The summed E-state index contributed by atoms with van der Waals surface area (Å²) < 4.78 is 0. The molecule has 184 valence electrons. The first-order valence-corrected chi connectivity index (χ1v) is 13.4. The summed E-state index contributed by atoms with van der Waals surface area (Å²) in [7, 11) is 0. The quantitative estimate of drug-likeness (QED) is 0.441. The van der Waals surface area contributed by atoms with E-state index in [-0.39, 0.29) is 51.4 Å². The summed E-state index contributed by atoms with van der Waals surface area (Å²) in [5.74, 6) is 1.45. The van der Waals surface area contributed by atoms with Crippen LogP contribution in [0.15, 0.2) is 23.4 Å². The SMILES string of the molecule is [C-]#[N+]C1=C[C@]2(C)C3=CC(=O)[C@@H]4[C@@H]5[C@@H](C)[C@H](C)CC[C@]5(N)CC[C@@]4(C)[C@]3(C)CC[C@H]2C(C)(C)C1=O. The zero-order valence-corrected chi connectivity index (χ0v) is 22.1. The average Bonchev–Trinajstić information content (AvgIpc) is 2.76. The molecule has 5 aliphatic carbocycles. The number of ketones is 2. The molecule has 5 rings (SSSR count). The number of Topliss-reactive ketones (excluding diaryl/α,β-unsaturated/α-hetero) is 1. The highest BCUT2D eigenvalue weighted by atomic mass is 16.1. The molecule has 0 heterocycles. The first-order valence-electron chi connectivity index (χ1n) is 13.4. The summed E-state index contributed by atoms with van der Waals surface area (Å²) in [4.78, 5) is 31.0. The lowest BCUT2D eigenvalue weighted by molar-refractivity contribution is -0.162. The summed E-state index contributed by atoms with van der Waals surface area (Å²) in [5.41, 5.74) is 6.89. The summed E-state index contributed by atoms with van der Waals surface area (Å²) >= 11 is 0. The van der Waals surface area contributed by atoms with Gasteiger partial charge in [0, 0.05) is 22.3 Å². The first-order chi connectivity index (χ1) is 15.7. The highest BCUT2D eigenvalue weighted by Crippen LogP contribution is 2.73. The van der Waals surface area contributed by atoms with Crippen LogP contribution in [0.2, 0.25) is 0 Å². The second-order valence-corrected chi connectivity index (χ2v) is 13.9. The molecule has 0 unspecified atom stereocenters.